The summed E-state index contributed by atoms with van der Waals surface area (Å²) in [5.74, 6) is 0.885. The van der Waals surface area contributed by atoms with Crippen molar-refractivity contribution in [2.24, 2.45) is 5.73 Å². The molecule has 3 heteroatoms. The van der Waals surface area contributed by atoms with Crippen molar-refractivity contribution < 1.29 is 9.47 Å². The van der Waals surface area contributed by atoms with Gasteiger partial charge in [-0.1, -0.05) is 18.2 Å². The van der Waals surface area contributed by atoms with Crippen molar-refractivity contribution in [3.8, 4) is 5.75 Å². The summed E-state index contributed by atoms with van der Waals surface area (Å²) in [7, 11) is 0. The molecule has 2 atom stereocenters. The molecular formula is C11H15NO2. The Morgan fingerprint density at radius 1 is 1.50 bits per heavy atom. The number of nitrogens with two attached hydrogens (primary N) is 1. The quantitative estimate of drug-likeness (QED) is 0.773. The smallest absolute Gasteiger partial charge is 0.124 e. The van der Waals surface area contributed by atoms with E-state index < -0.39 is 0 Å². The van der Waals surface area contributed by atoms with E-state index in [1.165, 1.54) is 0 Å². The first-order valence-electron chi connectivity index (χ1n) is 4.92. The first kappa shape index (κ1) is 9.49. The van der Waals surface area contributed by atoms with E-state index in [4.69, 9.17) is 15.2 Å². The number of fused-ring (bicyclic) bond motifs is 1. The third kappa shape index (κ3) is 1.61. The molecule has 76 valence electrons. The van der Waals surface area contributed by atoms with Crippen LogP contribution in [-0.4, -0.2) is 19.3 Å². The highest BCUT2D eigenvalue weighted by Crippen LogP contribution is 2.31. The number of ether oxygens (including phenoxy) is 2. The molecule has 0 fully saturated rings. The number of benzene rings is 1. The Morgan fingerprint density at radius 2 is 2.29 bits per heavy atom. The van der Waals surface area contributed by atoms with E-state index in [-0.39, 0.29) is 12.1 Å². The fourth-order valence-corrected chi connectivity index (χ4v) is 1.73. The lowest BCUT2D eigenvalue weighted by atomic mass is 9.99. The molecule has 0 aliphatic carbocycles. The van der Waals surface area contributed by atoms with Crippen LogP contribution in [0.25, 0.3) is 0 Å². The van der Waals surface area contributed by atoms with Crippen LogP contribution in [0.2, 0.25) is 0 Å². The molecule has 2 rings (SSSR count). The Morgan fingerprint density at radius 3 is 3.07 bits per heavy atom. The van der Waals surface area contributed by atoms with Crippen LogP contribution < -0.4 is 10.5 Å². The van der Waals surface area contributed by atoms with Crippen molar-refractivity contribution >= 4 is 0 Å². The van der Waals surface area contributed by atoms with Gasteiger partial charge in [0.15, 0.2) is 0 Å². The molecule has 0 spiro atoms. The highest BCUT2D eigenvalue weighted by molar-refractivity contribution is 5.38. The maximum atomic E-state index is 6.07. The summed E-state index contributed by atoms with van der Waals surface area (Å²) in [5, 5.41) is 0. The predicted octanol–water partition coefficient (Wildman–Crippen LogP) is 1.48. The summed E-state index contributed by atoms with van der Waals surface area (Å²) in [4.78, 5) is 0. The van der Waals surface area contributed by atoms with Crippen LogP contribution in [-0.2, 0) is 4.74 Å². The molecule has 1 aromatic rings. The van der Waals surface area contributed by atoms with Crippen LogP contribution in [0.15, 0.2) is 24.3 Å². The lowest BCUT2D eigenvalue weighted by Crippen LogP contribution is -2.37. The third-order valence-corrected chi connectivity index (χ3v) is 2.46. The largest absolute Gasteiger partial charge is 0.490 e. The maximum Gasteiger partial charge on any atom is 0.124 e. The minimum Gasteiger partial charge on any atom is -0.490 e. The Balaban J connectivity index is 2.22. The SMILES string of the molecule is CCOC1COc2ccccc2C1N. The highest BCUT2D eigenvalue weighted by Gasteiger charge is 2.27. The number of para-hydroxylation sites is 1. The van der Waals surface area contributed by atoms with Gasteiger partial charge in [-0.05, 0) is 13.0 Å². The van der Waals surface area contributed by atoms with Gasteiger partial charge in [0.1, 0.15) is 18.5 Å². The topological polar surface area (TPSA) is 44.5 Å². The first-order chi connectivity index (χ1) is 6.83. The first-order valence-corrected chi connectivity index (χ1v) is 4.92. The van der Waals surface area contributed by atoms with E-state index >= 15 is 0 Å². The standard InChI is InChI=1S/C11H15NO2/c1-2-13-10-7-14-9-6-4-3-5-8(9)11(10)12/h3-6,10-11H,2,7,12H2,1H3. The van der Waals surface area contributed by atoms with Gasteiger partial charge in [-0.2, -0.15) is 0 Å². The molecule has 1 aliphatic rings. The van der Waals surface area contributed by atoms with Crippen LogP contribution >= 0.6 is 0 Å². The zero-order valence-electron chi connectivity index (χ0n) is 8.27. The van der Waals surface area contributed by atoms with E-state index in [0.717, 1.165) is 11.3 Å². The van der Waals surface area contributed by atoms with E-state index in [1.807, 2.05) is 31.2 Å². The van der Waals surface area contributed by atoms with Crippen molar-refractivity contribution in [3.05, 3.63) is 29.8 Å². The zero-order valence-corrected chi connectivity index (χ0v) is 8.27. The average Bonchev–Trinajstić information content (AvgIpc) is 2.23. The lowest BCUT2D eigenvalue weighted by Gasteiger charge is -2.30. The Hall–Kier alpha value is -1.06. The van der Waals surface area contributed by atoms with Gasteiger partial charge in [0.2, 0.25) is 0 Å². The van der Waals surface area contributed by atoms with Crippen molar-refractivity contribution in [1.82, 2.24) is 0 Å². The molecule has 0 saturated heterocycles. The fourth-order valence-electron chi connectivity index (χ4n) is 1.73. The van der Waals surface area contributed by atoms with Gasteiger partial charge in [-0.3, -0.25) is 0 Å². The van der Waals surface area contributed by atoms with E-state index in [0.29, 0.717) is 13.2 Å². The van der Waals surface area contributed by atoms with Gasteiger partial charge >= 0.3 is 0 Å². The predicted molar refractivity (Wildman–Crippen MR) is 54.3 cm³/mol. The molecule has 0 saturated carbocycles. The molecule has 0 bridgehead atoms. The zero-order chi connectivity index (χ0) is 9.97. The van der Waals surface area contributed by atoms with Crippen molar-refractivity contribution in [1.29, 1.82) is 0 Å². The van der Waals surface area contributed by atoms with Gasteiger partial charge in [0.05, 0.1) is 6.04 Å². The number of hydrogen-bond donors (Lipinski definition) is 1. The highest BCUT2D eigenvalue weighted by atomic mass is 16.5. The molecule has 0 aromatic heterocycles. The Kier molecular flexibility index (Phi) is 2.70. The minimum absolute atomic E-state index is 0.0186. The molecule has 1 aliphatic heterocycles. The van der Waals surface area contributed by atoms with E-state index in [1.54, 1.807) is 0 Å². The normalized spacial score (nSPS) is 25.3. The van der Waals surface area contributed by atoms with E-state index in [2.05, 4.69) is 0 Å². The van der Waals surface area contributed by atoms with Gasteiger partial charge in [-0.25, -0.2) is 0 Å². The summed E-state index contributed by atoms with van der Waals surface area (Å²) in [6.45, 7) is 3.18. The Bertz CT molecular complexity index is 314. The van der Waals surface area contributed by atoms with Crippen LogP contribution in [0.1, 0.15) is 18.5 Å². The molecule has 0 amide bonds. The molecule has 1 aromatic carbocycles. The second-order valence-corrected chi connectivity index (χ2v) is 3.37. The van der Waals surface area contributed by atoms with E-state index in [9.17, 15) is 0 Å². The molecule has 1 heterocycles. The molecule has 14 heavy (non-hydrogen) atoms. The summed E-state index contributed by atoms with van der Waals surface area (Å²) in [6.07, 6.45) is -0.0186. The van der Waals surface area contributed by atoms with Crippen LogP contribution in [0.3, 0.4) is 0 Å². The second-order valence-electron chi connectivity index (χ2n) is 3.37. The summed E-state index contributed by atoms with van der Waals surface area (Å²) < 4.78 is 11.1. The molecular weight excluding hydrogens is 178 g/mol. The molecule has 3 nitrogen and oxygen atoms in total. The lowest BCUT2D eigenvalue weighted by molar-refractivity contribution is -0.000341. The van der Waals surface area contributed by atoms with Gasteiger partial charge in [0.25, 0.3) is 0 Å². The summed E-state index contributed by atoms with van der Waals surface area (Å²) >= 11 is 0. The summed E-state index contributed by atoms with van der Waals surface area (Å²) in [5.41, 5.74) is 7.11. The molecule has 0 radical (unpaired) electrons. The summed E-state index contributed by atoms with van der Waals surface area (Å²) in [6, 6.07) is 7.78. The second kappa shape index (κ2) is 3.98. The van der Waals surface area contributed by atoms with Crippen molar-refractivity contribution in [2.75, 3.05) is 13.2 Å². The monoisotopic (exact) mass is 193 g/mol. The van der Waals surface area contributed by atoms with Gasteiger partial charge in [-0.15, -0.1) is 0 Å². The average molecular weight is 193 g/mol. The maximum absolute atomic E-state index is 6.07. The minimum atomic E-state index is -0.0695. The van der Waals surface area contributed by atoms with Crippen LogP contribution in [0.4, 0.5) is 0 Å². The van der Waals surface area contributed by atoms with Crippen LogP contribution in [0.5, 0.6) is 5.75 Å². The number of hydrogen-bond acceptors (Lipinski definition) is 3. The van der Waals surface area contributed by atoms with Gasteiger partial charge in [0, 0.05) is 12.2 Å². The fraction of sp³-hybridized carbons (Fsp3) is 0.455. The third-order valence-electron chi connectivity index (χ3n) is 2.46. The Labute approximate surface area is 83.8 Å². The van der Waals surface area contributed by atoms with Crippen molar-refractivity contribution in [3.63, 3.8) is 0 Å². The molecule has 2 unspecified atom stereocenters. The number of rotatable bonds is 2. The van der Waals surface area contributed by atoms with Gasteiger partial charge < -0.3 is 15.2 Å². The van der Waals surface area contributed by atoms with Crippen molar-refractivity contribution in [2.45, 2.75) is 19.1 Å². The van der Waals surface area contributed by atoms with Crippen LogP contribution in [0, 0.1) is 0 Å². The molecule has 2 N–H and O–H groups in total.